The Balaban J connectivity index is 2.75. The van der Waals surface area contributed by atoms with Crippen LogP contribution < -0.4 is 5.32 Å². The molecule has 0 aliphatic heterocycles. The molecule has 1 aromatic heterocycles. The van der Waals surface area contributed by atoms with Gasteiger partial charge in [-0.3, -0.25) is 0 Å². The zero-order valence-corrected chi connectivity index (χ0v) is 11.6. The average molecular weight is 320 g/mol. The van der Waals surface area contributed by atoms with Crippen molar-refractivity contribution in [3.63, 3.8) is 0 Å². The SMILES string of the molecule is CCCNc1nc(CN(C)C)ncc1I. The largest absolute Gasteiger partial charge is 0.369 e. The van der Waals surface area contributed by atoms with E-state index < -0.39 is 0 Å². The summed E-state index contributed by atoms with van der Waals surface area (Å²) in [4.78, 5) is 10.8. The van der Waals surface area contributed by atoms with Crippen molar-refractivity contribution in [2.75, 3.05) is 26.0 Å². The lowest BCUT2D eigenvalue weighted by atomic mass is 10.4. The first kappa shape index (κ1) is 12.6. The molecule has 0 bridgehead atoms. The van der Waals surface area contributed by atoms with Crippen LogP contribution in [-0.4, -0.2) is 35.5 Å². The standard InChI is InChI=1S/C10H17IN4/c1-4-5-12-10-8(11)6-13-9(14-10)7-15(2)3/h6H,4-5,7H2,1-3H3,(H,12,13,14). The average Bonchev–Trinajstić information content (AvgIpc) is 2.18. The second kappa shape index (κ2) is 6.22. The van der Waals surface area contributed by atoms with Gasteiger partial charge in [0.05, 0.1) is 10.1 Å². The van der Waals surface area contributed by atoms with Crippen molar-refractivity contribution in [2.24, 2.45) is 0 Å². The molecule has 84 valence electrons. The highest BCUT2D eigenvalue weighted by molar-refractivity contribution is 14.1. The van der Waals surface area contributed by atoms with E-state index in [0.29, 0.717) is 0 Å². The highest BCUT2D eigenvalue weighted by Gasteiger charge is 2.04. The van der Waals surface area contributed by atoms with Crippen molar-refractivity contribution in [1.82, 2.24) is 14.9 Å². The van der Waals surface area contributed by atoms with Gasteiger partial charge in [0, 0.05) is 12.7 Å². The summed E-state index contributed by atoms with van der Waals surface area (Å²) >= 11 is 2.25. The summed E-state index contributed by atoms with van der Waals surface area (Å²) in [5.74, 6) is 1.81. The lowest BCUT2D eigenvalue weighted by Crippen LogP contribution is -2.15. The summed E-state index contributed by atoms with van der Waals surface area (Å²) in [5.41, 5.74) is 0. The minimum atomic E-state index is 0.776. The van der Waals surface area contributed by atoms with E-state index in [2.05, 4.69) is 49.7 Å². The summed E-state index contributed by atoms with van der Waals surface area (Å²) in [7, 11) is 4.03. The lowest BCUT2D eigenvalue weighted by Gasteiger charge is -2.11. The van der Waals surface area contributed by atoms with Gasteiger partial charge in [0.25, 0.3) is 0 Å². The number of hydrogen-bond donors (Lipinski definition) is 1. The Morgan fingerprint density at radius 1 is 1.47 bits per heavy atom. The fraction of sp³-hybridized carbons (Fsp3) is 0.600. The predicted molar refractivity (Wildman–Crippen MR) is 70.9 cm³/mol. The van der Waals surface area contributed by atoms with Crippen molar-refractivity contribution in [3.8, 4) is 0 Å². The van der Waals surface area contributed by atoms with Crippen molar-refractivity contribution in [3.05, 3.63) is 15.6 Å². The highest BCUT2D eigenvalue weighted by Crippen LogP contribution is 2.14. The van der Waals surface area contributed by atoms with Crippen molar-refractivity contribution in [1.29, 1.82) is 0 Å². The molecular formula is C10H17IN4. The molecule has 0 unspecified atom stereocenters. The fourth-order valence-corrected chi connectivity index (χ4v) is 1.58. The van der Waals surface area contributed by atoms with E-state index in [-0.39, 0.29) is 0 Å². The smallest absolute Gasteiger partial charge is 0.144 e. The minimum absolute atomic E-state index is 0.776. The monoisotopic (exact) mass is 320 g/mol. The summed E-state index contributed by atoms with van der Waals surface area (Å²) < 4.78 is 1.07. The van der Waals surface area contributed by atoms with Gasteiger partial charge in [-0.25, -0.2) is 9.97 Å². The van der Waals surface area contributed by atoms with Gasteiger partial charge in [0.1, 0.15) is 11.6 Å². The predicted octanol–water partition coefficient (Wildman–Crippen LogP) is 1.96. The maximum Gasteiger partial charge on any atom is 0.144 e. The van der Waals surface area contributed by atoms with Crippen LogP contribution in [0.2, 0.25) is 0 Å². The van der Waals surface area contributed by atoms with Crippen LogP contribution in [0.15, 0.2) is 6.20 Å². The molecule has 0 spiro atoms. The molecule has 1 N–H and O–H groups in total. The van der Waals surface area contributed by atoms with Gasteiger partial charge in [-0.15, -0.1) is 0 Å². The zero-order chi connectivity index (χ0) is 11.3. The molecule has 0 atom stereocenters. The normalized spacial score (nSPS) is 10.7. The van der Waals surface area contributed by atoms with Gasteiger partial charge in [-0.2, -0.15) is 0 Å². The Hall–Kier alpha value is -0.430. The van der Waals surface area contributed by atoms with Gasteiger partial charge in [-0.05, 0) is 43.1 Å². The van der Waals surface area contributed by atoms with Crippen LogP contribution in [0.1, 0.15) is 19.2 Å². The molecule has 0 saturated heterocycles. The number of aromatic nitrogens is 2. The van der Waals surface area contributed by atoms with E-state index in [1.54, 1.807) is 0 Å². The zero-order valence-electron chi connectivity index (χ0n) is 9.42. The molecule has 15 heavy (non-hydrogen) atoms. The summed E-state index contributed by atoms with van der Waals surface area (Å²) in [6.07, 6.45) is 2.97. The van der Waals surface area contributed by atoms with Crippen LogP contribution >= 0.6 is 22.6 Å². The molecule has 0 fully saturated rings. The number of halogens is 1. The lowest BCUT2D eigenvalue weighted by molar-refractivity contribution is 0.390. The van der Waals surface area contributed by atoms with Crippen LogP contribution in [-0.2, 0) is 6.54 Å². The van der Waals surface area contributed by atoms with E-state index >= 15 is 0 Å². The first-order valence-corrected chi connectivity index (χ1v) is 6.11. The highest BCUT2D eigenvalue weighted by atomic mass is 127. The van der Waals surface area contributed by atoms with Gasteiger partial charge >= 0.3 is 0 Å². The van der Waals surface area contributed by atoms with Crippen LogP contribution in [0.3, 0.4) is 0 Å². The Labute approximate surface area is 105 Å². The Kier molecular flexibility index (Phi) is 5.24. The third-order valence-corrected chi connectivity index (χ3v) is 2.58. The molecule has 1 rings (SSSR count). The first-order chi connectivity index (χ1) is 7.13. The molecule has 4 nitrogen and oxygen atoms in total. The molecule has 0 radical (unpaired) electrons. The molecule has 0 saturated carbocycles. The fourth-order valence-electron chi connectivity index (χ4n) is 1.13. The number of anilines is 1. The first-order valence-electron chi connectivity index (χ1n) is 5.03. The third-order valence-electron chi connectivity index (χ3n) is 1.79. The van der Waals surface area contributed by atoms with Crippen LogP contribution in [0.5, 0.6) is 0 Å². The molecule has 1 aromatic rings. The quantitative estimate of drug-likeness (QED) is 0.842. The topological polar surface area (TPSA) is 41.1 Å². The number of rotatable bonds is 5. The van der Waals surface area contributed by atoms with Gasteiger partial charge < -0.3 is 10.2 Å². The van der Waals surface area contributed by atoms with Crippen molar-refractivity contribution >= 4 is 28.4 Å². The Morgan fingerprint density at radius 3 is 2.80 bits per heavy atom. The van der Waals surface area contributed by atoms with E-state index in [0.717, 1.165) is 34.7 Å². The third kappa shape index (κ3) is 4.29. The Bertz CT molecular complexity index is 314. The van der Waals surface area contributed by atoms with Gasteiger partial charge in [0.15, 0.2) is 0 Å². The maximum atomic E-state index is 4.48. The maximum absolute atomic E-state index is 4.48. The molecule has 1 heterocycles. The van der Waals surface area contributed by atoms with E-state index in [9.17, 15) is 0 Å². The van der Waals surface area contributed by atoms with Crippen molar-refractivity contribution in [2.45, 2.75) is 19.9 Å². The number of hydrogen-bond acceptors (Lipinski definition) is 4. The van der Waals surface area contributed by atoms with Crippen LogP contribution in [0, 0.1) is 3.57 Å². The van der Waals surface area contributed by atoms with E-state index in [1.165, 1.54) is 0 Å². The number of nitrogens with zero attached hydrogens (tertiary/aromatic N) is 3. The second-order valence-electron chi connectivity index (χ2n) is 3.65. The molecule has 0 aliphatic rings. The molecule has 0 aromatic carbocycles. The second-order valence-corrected chi connectivity index (χ2v) is 4.81. The summed E-state index contributed by atoms with van der Waals surface area (Å²) in [5, 5.41) is 3.30. The van der Waals surface area contributed by atoms with E-state index in [4.69, 9.17) is 0 Å². The summed E-state index contributed by atoms with van der Waals surface area (Å²) in [6, 6.07) is 0. The summed E-state index contributed by atoms with van der Waals surface area (Å²) in [6.45, 7) is 3.87. The van der Waals surface area contributed by atoms with Crippen LogP contribution in [0.25, 0.3) is 0 Å². The molecule has 0 aliphatic carbocycles. The minimum Gasteiger partial charge on any atom is -0.369 e. The Morgan fingerprint density at radius 2 is 2.20 bits per heavy atom. The van der Waals surface area contributed by atoms with Gasteiger partial charge in [-0.1, -0.05) is 6.92 Å². The van der Waals surface area contributed by atoms with Crippen LogP contribution in [0.4, 0.5) is 5.82 Å². The molecule has 5 heteroatoms. The van der Waals surface area contributed by atoms with Crippen molar-refractivity contribution < 1.29 is 0 Å². The number of nitrogens with one attached hydrogen (secondary N) is 1. The molecular weight excluding hydrogens is 303 g/mol. The molecule has 0 amide bonds. The van der Waals surface area contributed by atoms with E-state index in [1.807, 2.05) is 20.3 Å². The van der Waals surface area contributed by atoms with Gasteiger partial charge in [0.2, 0.25) is 0 Å².